The van der Waals surface area contributed by atoms with Gasteiger partial charge in [0.2, 0.25) is 0 Å². The van der Waals surface area contributed by atoms with Crippen molar-refractivity contribution in [1.29, 1.82) is 0 Å². The number of unbranched alkanes of at least 4 members (excludes halogenated alkanes) is 46. The molecule has 0 aromatic carbocycles. The fraction of sp³-hybridized carbons (Fsp3) is 0.953. The number of aliphatic hydroxyl groups is 1. The minimum absolute atomic E-state index is 0.106. The van der Waals surface area contributed by atoms with E-state index in [2.05, 4.69) is 55.4 Å². The predicted molar refractivity (Wildman–Crippen MR) is 428 cm³/mol. The molecule has 0 bridgehead atoms. The summed E-state index contributed by atoms with van der Waals surface area (Å²) in [6.07, 6.45) is 62.6. The number of rotatable bonds is 82. The van der Waals surface area contributed by atoms with Crippen molar-refractivity contribution in [3.63, 3.8) is 0 Å². The number of aliphatic hydroxyl groups excluding tert-OH is 1. The van der Waals surface area contributed by atoms with Gasteiger partial charge in [0.25, 0.3) is 0 Å². The third-order valence-electron chi connectivity index (χ3n) is 20.5. The molecule has 19 heteroatoms. The Labute approximate surface area is 638 Å². The third-order valence-corrected chi connectivity index (χ3v) is 22.4. The quantitative estimate of drug-likeness (QED) is 0.0222. The van der Waals surface area contributed by atoms with Crippen LogP contribution in [0.5, 0.6) is 0 Å². The summed E-state index contributed by atoms with van der Waals surface area (Å²) in [5.74, 6) is 1.05. The van der Waals surface area contributed by atoms with Gasteiger partial charge in [-0.1, -0.05) is 389 Å². The molecule has 0 aromatic rings. The Kier molecular flexibility index (Phi) is 72.5. The van der Waals surface area contributed by atoms with Gasteiger partial charge in [0.1, 0.15) is 19.3 Å². The summed E-state index contributed by atoms with van der Waals surface area (Å²) in [6.45, 7) is 14.3. The zero-order valence-corrected chi connectivity index (χ0v) is 70.5. The summed E-state index contributed by atoms with van der Waals surface area (Å²) < 4.78 is 68.8. The highest BCUT2D eigenvalue weighted by Crippen LogP contribution is 2.45. The highest BCUT2D eigenvalue weighted by molar-refractivity contribution is 7.47. The Morgan fingerprint density at radius 2 is 0.462 bits per heavy atom. The van der Waals surface area contributed by atoms with E-state index < -0.39 is 97.5 Å². The molecule has 0 aromatic heterocycles. The zero-order valence-electron chi connectivity index (χ0n) is 68.7. The minimum Gasteiger partial charge on any atom is -0.462 e. The number of hydrogen-bond donors (Lipinski definition) is 3. The van der Waals surface area contributed by atoms with Gasteiger partial charge in [0.15, 0.2) is 12.2 Å². The Bertz CT molecular complexity index is 2030. The molecule has 0 saturated carbocycles. The van der Waals surface area contributed by atoms with Crippen LogP contribution in [0.3, 0.4) is 0 Å². The second-order valence-electron chi connectivity index (χ2n) is 32.0. The van der Waals surface area contributed by atoms with Crippen molar-refractivity contribution in [2.45, 2.75) is 459 Å². The van der Waals surface area contributed by atoms with Gasteiger partial charge in [0.05, 0.1) is 26.4 Å². The molecule has 0 radical (unpaired) electrons. The number of esters is 4. The van der Waals surface area contributed by atoms with Gasteiger partial charge >= 0.3 is 39.5 Å². The molecular formula is C85H166O17P2. The average molecular weight is 1520 g/mol. The standard InChI is InChI=1S/C85H166O17P2/c1-9-77(7)63-55-47-39-33-26-22-18-13-11-12-14-19-23-27-34-40-49-57-65-82(87)95-71-80(101-85(90)68-60-52-42-36-30-29-32-38-46-54-62-76(5)6)73-99-103(91,92)97-69-79(86)70-98-104(93,94)100-74-81(72-96-83(88)66-58-50-44-43-48-56-64-78(8)10-2)102-84(89)67-59-51-41-35-28-24-20-16-15-17-21-25-31-37-45-53-61-75(3)4/h75-81,86H,9-74H2,1-8H3,(H,91,92)(H,93,94)/t77?,78?,79-,80-,81-/m1/s1. The molecule has 0 rings (SSSR count). The SMILES string of the molecule is CCC(C)CCCCCCCCCCCCCCCCCCCCC(=O)OC[C@H](COP(=O)(O)OC[C@@H](O)COP(=O)(O)OC[C@@H](COC(=O)CCCCCCCCC(C)CC)OC(=O)CCCCCCCCCCCCCCCCCCC(C)C)OC(=O)CCCCCCCCCCCCC(C)C. The molecule has 17 nitrogen and oxygen atoms in total. The molecule has 0 saturated heterocycles. The molecule has 0 heterocycles. The van der Waals surface area contributed by atoms with Gasteiger partial charge < -0.3 is 33.8 Å². The zero-order chi connectivity index (χ0) is 76.7. The van der Waals surface area contributed by atoms with Crippen molar-refractivity contribution < 1.29 is 80.2 Å². The van der Waals surface area contributed by atoms with Crippen LogP contribution in [-0.2, 0) is 65.4 Å². The van der Waals surface area contributed by atoms with Crippen LogP contribution in [0.1, 0.15) is 441 Å². The van der Waals surface area contributed by atoms with Crippen molar-refractivity contribution in [3.8, 4) is 0 Å². The van der Waals surface area contributed by atoms with Crippen LogP contribution in [0, 0.1) is 23.7 Å². The lowest BCUT2D eigenvalue weighted by molar-refractivity contribution is -0.161. The maximum absolute atomic E-state index is 13.1. The summed E-state index contributed by atoms with van der Waals surface area (Å²) in [4.78, 5) is 73.1. The second kappa shape index (κ2) is 73.8. The van der Waals surface area contributed by atoms with Crippen LogP contribution >= 0.6 is 15.6 Å². The van der Waals surface area contributed by atoms with E-state index in [0.29, 0.717) is 25.7 Å². The molecule has 0 aliphatic heterocycles. The largest absolute Gasteiger partial charge is 0.472 e. The van der Waals surface area contributed by atoms with Gasteiger partial charge in [-0.25, -0.2) is 9.13 Å². The first-order chi connectivity index (χ1) is 50.2. The van der Waals surface area contributed by atoms with Crippen molar-refractivity contribution in [2.75, 3.05) is 39.6 Å². The van der Waals surface area contributed by atoms with Crippen LogP contribution in [0.4, 0.5) is 0 Å². The van der Waals surface area contributed by atoms with E-state index in [0.717, 1.165) is 120 Å². The Morgan fingerprint density at radius 3 is 0.683 bits per heavy atom. The molecule has 0 aliphatic rings. The number of carbonyl (C=O) groups excluding carboxylic acids is 4. The van der Waals surface area contributed by atoms with E-state index in [9.17, 15) is 43.2 Å². The number of phosphoric acid groups is 2. The van der Waals surface area contributed by atoms with Crippen molar-refractivity contribution in [2.24, 2.45) is 23.7 Å². The van der Waals surface area contributed by atoms with Gasteiger partial charge in [-0.15, -0.1) is 0 Å². The number of ether oxygens (including phenoxy) is 4. The molecule has 0 aliphatic carbocycles. The van der Waals surface area contributed by atoms with Crippen LogP contribution in [0.15, 0.2) is 0 Å². The number of hydrogen-bond acceptors (Lipinski definition) is 15. The fourth-order valence-electron chi connectivity index (χ4n) is 13.1. The smallest absolute Gasteiger partial charge is 0.462 e. The van der Waals surface area contributed by atoms with Gasteiger partial charge in [-0.05, 0) is 49.4 Å². The average Bonchev–Trinajstić information content (AvgIpc) is 0.902. The summed E-state index contributed by atoms with van der Waals surface area (Å²) >= 11 is 0. The molecular weight excluding hydrogens is 1350 g/mol. The molecule has 0 amide bonds. The van der Waals surface area contributed by atoms with E-state index in [1.54, 1.807) is 0 Å². The van der Waals surface area contributed by atoms with Gasteiger partial charge in [-0.2, -0.15) is 0 Å². The molecule has 0 spiro atoms. The van der Waals surface area contributed by atoms with Crippen LogP contribution in [0.25, 0.3) is 0 Å². The molecule has 3 N–H and O–H groups in total. The minimum atomic E-state index is -4.96. The lowest BCUT2D eigenvalue weighted by Gasteiger charge is -2.21. The normalized spacial score (nSPS) is 14.5. The predicted octanol–water partition coefficient (Wildman–Crippen LogP) is 25.6. The van der Waals surface area contributed by atoms with Crippen LogP contribution in [-0.4, -0.2) is 96.7 Å². The Hall–Kier alpha value is -1.94. The Morgan fingerprint density at radius 1 is 0.269 bits per heavy atom. The van der Waals surface area contributed by atoms with E-state index in [1.165, 1.54) is 238 Å². The lowest BCUT2D eigenvalue weighted by Crippen LogP contribution is -2.30. The molecule has 104 heavy (non-hydrogen) atoms. The first kappa shape index (κ1) is 102. The monoisotopic (exact) mass is 1520 g/mol. The molecule has 0 fully saturated rings. The number of carbonyl (C=O) groups is 4. The topological polar surface area (TPSA) is 237 Å². The van der Waals surface area contributed by atoms with E-state index in [-0.39, 0.29) is 25.7 Å². The molecule has 4 unspecified atom stereocenters. The first-order valence-electron chi connectivity index (χ1n) is 43.8. The van der Waals surface area contributed by atoms with Crippen molar-refractivity contribution in [1.82, 2.24) is 0 Å². The van der Waals surface area contributed by atoms with Gasteiger partial charge in [-0.3, -0.25) is 37.3 Å². The summed E-state index contributed by atoms with van der Waals surface area (Å²) in [7, 11) is -9.93. The van der Waals surface area contributed by atoms with E-state index in [4.69, 9.17) is 37.0 Å². The Balaban J connectivity index is 5.17. The van der Waals surface area contributed by atoms with Crippen molar-refractivity contribution >= 4 is 39.5 Å². The summed E-state index contributed by atoms with van der Waals surface area (Å²) in [5, 5.41) is 10.7. The van der Waals surface area contributed by atoms with Crippen LogP contribution < -0.4 is 0 Å². The maximum atomic E-state index is 13.1. The lowest BCUT2D eigenvalue weighted by atomic mass is 9.99. The summed E-state index contributed by atoms with van der Waals surface area (Å²) in [5.41, 5.74) is 0. The highest BCUT2D eigenvalue weighted by Gasteiger charge is 2.30. The maximum Gasteiger partial charge on any atom is 0.472 e. The highest BCUT2D eigenvalue weighted by atomic mass is 31.2. The second-order valence-corrected chi connectivity index (χ2v) is 34.9. The van der Waals surface area contributed by atoms with E-state index >= 15 is 0 Å². The molecule has 618 valence electrons. The number of phosphoric ester groups is 2. The first-order valence-corrected chi connectivity index (χ1v) is 46.8. The third kappa shape index (κ3) is 75.5. The van der Waals surface area contributed by atoms with Gasteiger partial charge in [0, 0.05) is 25.7 Å². The summed E-state index contributed by atoms with van der Waals surface area (Å²) in [6, 6.07) is 0. The van der Waals surface area contributed by atoms with Crippen LogP contribution in [0.2, 0.25) is 0 Å². The fourth-order valence-corrected chi connectivity index (χ4v) is 14.7. The van der Waals surface area contributed by atoms with Crippen molar-refractivity contribution in [3.05, 3.63) is 0 Å². The molecule has 7 atom stereocenters. The van der Waals surface area contributed by atoms with E-state index in [1.807, 2.05) is 0 Å².